The molecular weight excluding hydrogens is 398 g/mol. The normalized spacial score (nSPS) is 14.7. The molecule has 1 aromatic carbocycles. The third kappa shape index (κ3) is 11.4. The molecule has 0 aromatic heterocycles. The van der Waals surface area contributed by atoms with Gasteiger partial charge in [0.1, 0.15) is 6.61 Å². The van der Waals surface area contributed by atoms with Crippen molar-refractivity contribution in [2.75, 3.05) is 18.5 Å². The molecular formula is C28H43NO3. The molecule has 178 valence electrons. The number of ether oxygens (including phenoxy) is 2. The number of nitrogens with one attached hydrogen (secondary N) is 1. The van der Waals surface area contributed by atoms with Crippen molar-refractivity contribution >= 4 is 11.7 Å². The summed E-state index contributed by atoms with van der Waals surface area (Å²) in [4.78, 5) is 12.2. The molecule has 4 heteroatoms. The molecule has 0 amide bonds. The minimum Gasteiger partial charge on any atom is -0.494 e. The number of esters is 1. The second-order valence-electron chi connectivity index (χ2n) is 8.86. The van der Waals surface area contributed by atoms with Gasteiger partial charge in [-0.1, -0.05) is 77.6 Å². The van der Waals surface area contributed by atoms with Crippen LogP contribution in [0.15, 0.2) is 47.9 Å². The number of allylic oxidation sites excluding steroid dienone is 2. The Balaban J connectivity index is 1.49. The summed E-state index contributed by atoms with van der Waals surface area (Å²) in [5.41, 5.74) is 2.74. The molecule has 0 saturated carbocycles. The summed E-state index contributed by atoms with van der Waals surface area (Å²) in [7, 11) is 0. The number of anilines is 1. The first-order valence-corrected chi connectivity index (χ1v) is 12.7. The quantitative estimate of drug-likeness (QED) is 0.208. The highest BCUT2D eigenvalue weighted by atomic mass is 16.5. The molecule has 1 heterocycles. The van der Waals surface area contributed by atoms with Gasteiger partial charge in [-0.3, -0.25) is 0 Å². The van der Waals surface area contributed by atoms with Crippen molar-refractivity contribution in [2.45, 2.75) is 97.3 Å². The average Bonchev–Trinajstić information content (AvgIpc) is 2.82. The van der Waals surface area contributed by atoms with E-state index < -0.39 is 0 Å². The number of hydrogen-bond acceptors (Lipinski definition) is 4. The zero-order valence-corrected chi connectivity index (χ0v) is 20.3. The molecule has 0 saturated heterocycles. The Morgan fingerprint density at radius 1 is 0.938 bits per heavy atom. The van der Waals surface area contributed by atoms with Crippen LogP contribution in [0.3, 0.4) is 0 Å². The van der Waals surface area contributed by atoms with E-state index in [0.29, 0.717) is 18.8 Å². The summed E-state index contributed by atoms with van der Waals surface area (Å²) in [6.07, 6.45) is 20.6. The minimum absolute atomic E-state index is 0.237. The highest BCUT2D eigenvalue weighted by molar-refractivity contribution is 5.89. The third-order valence-electron chi connectivity index (χ3n) is 5.93. The van der Waals surface area contributed by atoms with Gasteiger partial charge in [-0.05, 0) is 55.7 Å². The zero-order valence-electron chi connectivity index (χ0n) is 20.3. The molecule has 0 atom stereocenters. The van der Waals surface area contributed by atoms with E-state index in [2.05, 4.69) is 18.3 Å². The highest BCUT2D eigenvalue weighted by Crippen LogP contribution is 2.17. The molecule has 32 heavy (non-hydrogen) atoms. The summed E-state index contributed by atoms with van der Waals surface area (Å²) >= 11 is 0. The molecule has 2 rings (SSSR count). The van der Waals surface area contributed by atoms with Crippen LogP contribution in [0.25, 0.3) is 0 Å². The number of carbonyl (C=O) groups excluding carboxylic acids is 1. The van der Waals surface area contributed by atoms with Crippen molar-refractivity contribution < 1.29 is 14.3 Å². The smallest absolute Gasteiger partial charge is 0.338 e. The molecule has 0 aliphatic carbocycles. The minimum atomic E-state index is -0.237. The fraction of sp³-hybridized carbons (Fsp3) is 0.607. The largest absolute Gasteiger partial charge is 0.494 e. The Morgan fingerprint density at radius 3 is 2.09 bits per heavy atom. The van der Waals surface area contributed by atoms with Crippen molar-refractivity contribution in [2.24, 2.45) is 0 Å². The van der Waals surface area contributed by atoms with Gasteiger partial charge in [0.2, 0.25) is 0 Å². The summed E-state index contributed by atoms with van der Waals surface area (Å²) in [6.45, 7) is 5.37. The van der Waals surface area contributed by atoms with Gasteiger partial charge in [0.25, 0.3) is 0 Å². The summed E-state index contributed by atoms with van der Waals surface area (Å²) in [6, 6.07) is 7.43. The standard InChI is InChI=1S/C28H43NO3/c1-3-4-5-6-7-8-9-10-11-12-13-14-21-31-28(30)26-17-19-27(20-18-26)29-22-25-16-15-24(2)32-23-25/h15,17-20,22,29H,3-14,16,21,23H2,1-2H3. The molecule has 1 N–H and O–H groups in total. The van der Waals surface area contributed by atoms with Crippen LogP contribution >= 0.6 is 0 Å². The fourth-order valence-electron chi connectivity index (χ4n) is 3.78. The number of carbonyl (C=O) groups is 1. The van der Waals surface area contributed by atoms with E-state index >= 15 is 0 Å². The van der Waals surface area contributed by atoms with Gasteiger partial charge < -0.3 is 14.8 Å². The lowest BCUT2D eigenvalue weighted by Crippen LogP contribution is -2.07. The van der Waals surface area contributed by atoms with E-state index in [4.69, 9.17) is 9.47 Å². The van der Waals surface area contributed by atoms with Crippen LogP contribution in [-0.4, -0.2) is 19.2 Å². The van der Waals surface area contributed by atoms with E-state index in [9.17, 15) is 4.79 Å². The molecule has 0 radical (unpaired) electrons. The first-order valence-electron chi connectivity index (χ1n) is 12.7. The SMILES string of the molecule is CCCCCCCCCCCCCCOC(=O)c1ccc(NC=C2CC=C(C)OC2)cc1. The molecule has 1 aromatic rings. The predicted octanol–water partition coefficient (Wildman–Crippen LogP) is 8.16. The van der Waals surface area contributed by atoms with Gasteiger partial charge in [-0.2, -0.15) is 0 Å². The van der Waals surface area contributed by atoms with Crippen molar-refractivity contribution in [1.82, 2.24) is 0 Å². The van der Waals surface area contributed by atoms with Gasteiger partial charge in [0, 0.05) is 11.9 Å². The second-order valence-corrected chi connectivity index (χ2v) is 8.86. The summed E-state index contributed by atoms with van der Waals surface area (Å²) in [5.74, 6) is 0.743. The van der Waals surface area contributed by atoms with Gasteiger partial charge in [-0.25, -0.2) is 4.79 Å². The highest BCUT2D eigenvalue weighted by Gasteiger charge is 2.07. The molecule has 0 spiro atoms. The Labute approximate surface area is 195 Å². The van der Waals surface area contributed by atoms with Crippen LogP contribution in [0.5, 0.6) is 0 Å². The maximum atomic E-state index is 12.2. The van der Waals surface area contributed by atoms with Crippen molar-refractivity contribution in [3.8, 4) is 0 Å². The zero-order chi connectivity index (χ0) is 22.9. The van der Waals surface area contributed by atoms with Crippen LogP contribution in [-0.2, 0) is 9.47 Å². The topological polar surface area (TPSA) is 47.6 Å². The van der Waals surface area contributed by atoms with Gasteiger partial charge >= 0.3 is 5.97 Å². The Morgan fingerprint density at radius 2 is 1.53 bits per heavy atom. The Kier molecular flexibility index (Phi) is 13.3. The first-order chi connectivity index (χ1) is 15.7. The lowest BCUT2D eigenvalue weighted by molar-refractivity contribution is 0.0497. The molecule has 0 fully saturated rings. The summed E-state index contributed by atoms with van der Waals surface area (Å²) in [5, 5.41) is 3.27. The maximum absolute atomic E-state index is 12.2. The van der Waals surface area contributed by atoms with Crippen LogP contribution in [0.1, 0.15) is 108 Å². The molecule has 0 bridgehead atoms. The van der Waals surface area contributed by atoms with E-state index in [-0.39, 0.29) is 5.97 Å². The Bertz CT molecular complexity index is 706. The van der Waals surface area contributed by atoms with E-state index in [1.54, 1.807) is 0 Å². The molecule has 4 nitrogen and oxygen atoms in total. The number of rotatable bonds is 16. The summed E-state index contributed by atoms with van der Waals surface area (Å²) < 4.78 is 11.0. The van der Waals surface area contributed by atoms with Crippen LogP contribution in [0.2, 0.25) is 0 Å². The molecule has 1 aliphatic rings. The van der Waals surface area contributed by atoms with Crippen molar-refractivity contribution in [1.29, 1.82) is 0 Å². The maximum Gasteiger partial charge on any atom is 0.338 e. The van der Waals surface area contributed by atoms with Gasteiger partial charge in [0.05, 0.1) is 17.9 Å². The van der Waals surface area contributed by atoms with Crippen molar-refractivity contribution in [3.63, 3.8) is 0 Å². The lowest BCUT2D eigenvalue weighted by Gasteiger charge is -2.15. The van der Waals surface area contributed by atoms with E-state index in [1.165, 1.54) is 69.8 Å². The van der Waals surface area contributed by atoms with Crippen molar-refractivity contribution in [3.05, 3.63) is 53.4 Å². The first kappa shape index (κ1) is 26.0. The molecule has 0 unspecified atom stereocenters. The number of benzene rings is 1. The monoisotopic (exact) mass is 441 g/mol. The van der Waals surface area contributed by atoms with Gasteiger partial charge in [-0.15, -0.1) is 0 Å². The Hall–Kier alpha value is -2.23. The van der Waals surface area contributed by atoms with E-state index in [1.807, 2.05) is 37.4 Å². The van der Waals surface area contributed by atoms with E-state index in [0.717, 1.165) is 30.7 Å². The average molecular weight is 442 g/mol. The van der Waals surface area contributed by atoms with Crippen LogP contribution in [0.4, 0.5) is 5.69 Å². The van der Waals surface area contributed by atoms with Crippen LogP contribution in [0, 0.1) is 0 Å². The fourth-order valence-corrected chi connectivity index (χ4v) is 3.78. The third-order valence-corrected chi connectivity index (χ3v) is 5.93. The number of unbranched alkanes of at least 4 members (excludes halogenated alkanes) is 11. The second kappa shape index (κ2) is 16.4. The van der Waals surface area contributed by atoms with Gasteiger partial charge in [0.15, 0.2) is 0 Å². The number of hydrogen-bond donors (Lipinski definition) is 1. The van der Waals surface area contributed by atoms with Crippen LogP contribution < -0.4 is 5.32 Å². The molecule has 1 aliphatic heterocycles. The lowest BCUT2D eigenvalue weighted by atomic mass is 10.1. The predicted molar refractivity (Wildman–Crippen MR) is 134 cm³/mol.